The van der Waals surface area contributed by atoms with Gasteiger partial charge in [-0.25, -0.2) is 0 Å². The maximum Gasteiger partial charge on any atom is 0.244 e. The maximum atomic E-state index is 11.7. The summed E-state index contributed by atoms with van der Waals surface area (Å²) in [6.07, 6.45) is 5.75. The van der Waals surface area contributed by atoms with Crippen molar-refractivity contribution in [2.75, 3.05) is 44.2 Å². The molecule has 3 rings (SSSR count). The van der Waals surface area contributed by atoms with E-state index in [4.69, 9.17) is 4.42 Å². The first kappa shape index (κ1) is 17.3. The molecule has 1 amide bonds. The fourth-order valence-corrected chi connectivity index (χ4v) is 2.99. The fourth-order valence-electron chi connectivity index (χ4n) is 2.99. The minimum Gasteiger partial charge on any atom is -0.465 e. The molecule has 1 aliphatic rings. The Balaban J connectivity index is 1.29. The molecule has 0 aliphatic carbocycles. The third kappa shape index (κ3) is 5.50. The topological polar surface area (TPSA) is 48.7 Å². The minimum absolute atomic E-state index is 0.0784. The predicted octanol–water partition coefficient (Wildman–Crippen LogP) is 2.62. The van der Waals surface area contributed by atoms with Gasteiger partial charge < -0.3 is 14.6 Å². The molecule has 0 atom stereocenters. The quantitative estimate of drug-likeness (QED) is 0.622. The van der Waals surface area contributed by atoms with E-state index in [0.717, 1.165) is 39.1 Å². The highest BCUT2D eigenvalue weighted by molar-refractivity contribution is 5.91. The van der Waals surface area contributed by atoms with Crippen molar-refractivity contribution in [2.24, 2.45) is 0 Å². The van der Waals surface area contributed by atoms with Crippen molar-refractivity contribution in [2.45, 2.75) is 6.42 Å². The normalized spacial score (nSPS) is 15.6. The van der Waals surface area contributed by atoms with Gasteiger partial charge >= 0.3 is 0 Å². The lowest BCUT2D eigenvalue weighted by Gasteiger charge is -2.36. The van der Waals surface area contributed by atoms with Gasteiger partial charge in [0, 0.05) is 44.5 Å². The fraction of sp³-hybridized carbons (Fsp3) is 0.350. The van der Waals surface area contributed by atoms with E-state index in [0.29, 0.717) is 12.3 Å². The zero-order valence-corrected chi connectivity index (χ0v) is 14.4. The van der Waals surface area contributed by atoms with Gasteiger partial charge in [0.2, 0.25) is 5.91 Å². The molecular weight excluding hydrogens is 314 g/mol. The van der Waals surface area contributed by atoms with E-state index in [9.17, 15) is 4.79 Å². The van der Waals surface area contributed by atoms with E-state index in [2.05, 4.69) is 45.4 Å². The molecule has 1 N–H and O–H groups in total. The number of amides is 1. The summed E-state index contributed by atoms with van der Waals surface area (Å²) in [5.74, 6) is 0.608. The Kier molecular flexibility index (Phi) is 6.29. The number of furan rings is 1. The SMILES string of the molecule is O=C(/C=C/c1ccco1)NCCCN1CCN(c2ccccc2)CC1. The van der Waals surface area contributed by atoms with Crippen molar-refractivity contribution in [3.05, 3.63) is 60.6 Å². The summed E-state index contributed by atoms with van der Waals surface area (Å²) in [7, 11) is 0. The summed E-state index contributed by atoms with van der Waals surface area (Å²) in [6, 6.07) is 14.2. The van der Waals surface area contributed by atoms with Crippen LogP contribution in [0.1, 0.15) is 12.2 Å². The molecular formula is C20H25N3O2. The van der Waals surface area contributed by atoms with Gasteiger partial charge in [0.15, 0.2) is 0 Å². The highest BCUT2D eigenvalue weighted by Crippen LogP contribution is 2.15. The van der Waals surface area contributed by atoms with Crippen molar-refractivity contribution in [3.63, 3.8) is 0 Å². The van der Waals surface area contributed by atoms with Crippen LogP contribution in [0.3, 0.4) is 0 Å². The maximum absolute atomic E-state index is 11.7. The van der Waals surface area contributed by atoms with Crippen molar-refractivity contribution in [1.82, 2.24) is 10.2 Å². The molecule has 1 aromatic heterocycles. The van der Waals surface area contributed by atoms with Crippen LogP contribution in [-0.2, 0) is 4.79 Å². The smallest absolute Gasteiger partial charge is 0.244 e. The second-order valence-corrected chi connectivity index (χ2v) is 6.16. The van der Waals surface area contributed by atoms with Gasteiger partial charge in [-0.3, -0.25) is 9.69 Å². The number of para-hydroxylation sites is 1. The molecule has 0 unspecified atom stereocenters. The standard InChI is InChI=1S/C20H25N3O2/c24-20(10-9-19-8-4-17-25-19)21-11-5-12-22-13-15-23(16-14-22)18-6-2-1-3-7-18/h1-4,6-10,17H,5,11-16H2,(H,21,24)/b10-9+. The lowest BCUT2D eigenvalue weighted by atomic mass is 10.2. The number of carbonyl (C=O) groups is 1. The number of piperazine rings is 1. The first-order chi connectivity index (χ1) is 12.3. The van der Waals surface area contributed by atoms with Crippen molar-refractivity contribution >= 4 is 17.7 Å². The van der Waals surface area contributed by atoms with Crippen LogP contribution >= 0.6 is 0 Å². The number of hydrogen-bond donors (Lipinski definition) is 1. The molecule has 5 heteroatoms. The minimum atomic E-state index is -0.0784. The molecule has 0 spiro atoms. The van der Waals surface area contributed by atoms with Crippen molar-refractivity contribution in [1.29, 1.82) is 0 Å². The summed E-state index contributed by atoms with van der Waals surface area (Å²) in [4.78, 5) is 16.6. The van der Waals surface area contributed by atoms with E-state index in [1.54, 1.807) is 18.4 Å². The van der Waals surface area contributed by atoms with Gasteiger partial charge in [-0.2, -0.15) is 0 Å². The van der Waals surface area contributed by atoms with Crippen LogP contribution in [0, 0.1) is 0 Å². The van der Waals surface area contributed by atoms with E-state index >= 15 is 0 Å². The lowest BCUT2D eigenvalue weighted by molar-refractivity contribution is -0.116. The van der Waals surface area contributed by atoms with E-state index < -0.39 is 0 Å². The Bertz CT molecular complexity index is 660. The van der Waals surface area contributed by atoms with Crippen LogP contribution in [0.5, 0.6) is 0 Å². The number of benzene rings is 1. The number of carbonyl (C=O) groups excluding carboxylic acids is 1. The Morgan fingerprint density at radius 1 is 1.08 bits per heavy atom. The lowest BCUT2D eigenvalue weighted by Crippen LogP contribution is -2.47. The number of rotatable bonds is 7. The summed E-state index contributed by atoms with van der Waals surface area (Å²) in [5, 5.41) is 2.91. The molecule has 1 saturated heterocycles. The Hall–Kier alpha value is -2.53. The van der Waals surface area contributed by atoms with E-state index in [1.807, 2.05) is 6.07 Å². The molecule has 0 radical (unpaired) electrons. The highest BCUT2D eigenvalue weighted by Gasteiger charge is 2.16. The highest BCUT2D eigenvalue weighted by atomic mass is 16.3. The molecule has 25 heavy (non-hydrogen) atoms. The number of hydrogen-bond acceptors (Lipinski definition) is 4. The largest absolute Gasteiger partial charge is 0.465 e. The van der Waals surface area contributed by atoms with Gasteiger partial charge in [-0.1, -0.05) is 18.2 Å². The van der Waals surface area contributed by atoms with Crippen LogP contribution in [-0.4, -0.2) is 50.1 Å². The molecule has 1 aliphatic heterocycles. The average molecular weight is 339 g/mol. The first-order valence-electron chi connectivity index (χ1n) is 8.83. The summed E-state index contributed by atoms with van der Waals surface area (Å²) < 4.78 is 5.15. The third-order valence-electron chi connectivity index (χ3n) is 4.39. The Morgan fingerprint density at radius 2 is 1.88 bits per heavy atom. The molecule has 1 fully saturated rings. The predicted molar refractivity (Wildman–Crippen MR) is 100 cm³/mol. The molecule has 0 bridgehead atoms. The Labute approximate surface area is 148 Å². The van der Waals surface area contributed by atoms with Gasteiger partial charge in [0.25, 0.3) is 0 Å². The van der Waals surface area contributed by atoms with Crippen LogP contribution < -0.4 is 10.2 Å². The second kappa shape index (κ2) is 9.08. The zero-order chi connectivity index (χ0) is 17.3. The Morgan fingerprint density at radius 3 is 2.60 bits per heavy atom. The van der Waals surface area contributed by atoms with Crippen LogP contribution in [0.25, 0.3) is 6.08 Å². The van der Waals surface area contributed by atoms with Gasteiger partial charge in [-0.05, 0) is 43.3 Å². The molecule has 1 aromatic carbocycles. The number of nitrogens with zero attached hydrogens (tertiary/aromatic N) is 2. The first-order valence-corrected chi connectivity index (χ1v) is 8.83. The van der Waals surface area contributed by atoms with Crippen LogP contribution in [0.4, 0.5) is 5.69 Å². The van der Waals surface area contributed by atoms with Crippen molar-refractivity contribution in [3.8, 4) is 0 Å². The third-order valence-corrected chi connectivity index (χ3v) is 4.39. The molecule has 0 saturated carbocycles. The average Bonchev–Trinajstić information content (AvgIpc) is 3.18. The molecule has 2 aromatic rings. The van der Waals surface area contributed by atoms with Gasteiger partial charge in [-0.15, -0.1) is 0 Å². The molecule has 2 heterocycles. The van der Waals surface area contributed by atoms with Gasteiger partial charge in [0.05, 0.1) is 6.26 Å². The van der Waals surface area contributed by atoms with E-state index in [1.165, 1.54) is 11.8 Å². The molecule has 5 nitrogen and oxygen atoms in total. The van der Waals surface area contributed by atoms with Crippen LogP contribution in [0.2, 0.25) is 0 Å². The van der Waals surface area contributed by atoms with Crippen molar-refractivity contribution < 1.29 is 9.21 Å². The van der Waals surface area contributed by atoms with E-state index in [-0.39, 0.29) is 5.91 Å². The number of anilines is 1. The second-order valence-electron chi connectivity index (χ2n) is 6.16. The monoisotopic (exact) mass is 339 g/mol. The number of nitrogens with one attached hydrogen (secondary N) is 1. The zero-order valence-electron chi connectivity index (χ0n) is 14.4. The van der Waals surface area contributed by atoms with Gasteiger partial charge in [0.1, 0.15) is 5.76 Å². The summed E-state index contributed by atoms with van der Waals surface area (Å²) in [6.45, 7) is 5.97. The van der Waals surface area contributed by atoms with Crippen LogP contribution in [0.15, 0.2) is 59.2 Å². The summed E-state index contributed by atoms with van der Waals surface area (Å²) >= 11 is 0. The summed E-state index contributed by atoms with van der Waals surface area (Å²) in [5.41, 5.74) is 1.30. The molecule has 132 valence electrons.